The van der Waals surface area contributed by atoms with E-state index in [2.05, 4.69) is 5.32 Å². The van der Waals surface area contributed by atoms with Crippen LogP contribution in [-0.2, 0) is 9.53 Å². The van der Waals surface area contributed by atoms with Crippen LogP contribution in [0.1, 0.15) is 20.8 Å². The Morgan fingerprint density at radius 1 is 1.53 bits per heavy atom. The summed E-state index contributed by atoms with van der Waals surface area (Å²) in [6, 6.07) is -0.409. The van der Waals surface area contributed by atoms with Crippen LogP contribution in [0.15, 0.2) is 0 Å². The van der Waals surface area contributed by atoms with Crippen LogP contribution in [0.25, 0.3) is 0 Å². The standard InChI is InChI=1S/C10H18N2O3/c1-10(2,3)15-9(14)12-5-4-11-6-8(12)7-13/h7-8,11H,4-6H2,1-3H3/t8-/m0/s1. The molecule has 1 saturated heterocycles. The van der Waals surface area contributed by atoms with Gasteiger partial charge in [0.1, 0.15) is 17.9 Å². The monoisotopic (exact) mass is 214 g/mol. The van der Waals surface area contributed by atoms with E-state index in [-0.39, 0.29) is 0 Å². The first-order valence-corrected chi connectivity index (χ1v) is 5.09. The fraction of sp³-hybridized carbons (Fsp3) is 0.800. The number of rotatable bonds is 1. The average molecular weight is 214 g/mol. The van der Waals surface area contributed by atoms with Crippen molar-refractivity contribution in [3.05, 3.63) is 0 Å². The van der Waals surface area contributed by atoms with Crippen LogP contribution in [-0.4, -0.2) is 48.6 Å². The second kappa shape index (κ2) is 4.61. The molecule has 0 spiro atoms. The lowest BCUT2D eigenvalue weighted by Gasteiger charge is -2.34. The van der Waals surface area contributed by atoms with Crippen molar-refractivity contribution in [3.8, 4) is 0 Å². The smallest absolute Gasteiger partial charge is 0.410 e. The van der Waals surface area contributed by atoms with E-state index in [0.717, 1.165) is 6.29 Å². The molecule has 1 fully saturated rings. The summed E-state index contributed by atoms with van der Waals surface area (Å²) in [4.78, 5) is 23.9. The number of nitrogens with one attached hydrogen (secondary N) is 1. The zero-order valence-electron chi connectivity index (χ0n) is 9.45. The number of amides is 1. The van der Waals surface area contributed by atoms with E-state index in [1.807, 2.05) is 20.8 Å². The van der Waals surface area contributed by atoms with Crippen molar-refractivity contribution in [2.45, 2.75) is 32.4 Å². The maximum atomic E-state index is 11.7. The van der Waals surface area contributed by atoms with Gasteiger partial charge in [-0.05, 0) is 20.8 Å². The Balaban J connectivity index is 2.60. The lowest BCUT2D eigenvalue weighted by atomic mass is 10.2. The van der Waals surface area contributed by atoms with E-state index in [0.29, 0.717) is 19.6 Å². The Kier molecular flexibility index (Phi) is 3.68. The molecular formula is C10H18N2O3. The highest BCUT2D eigenvalue weighted by atomic mass is 16.6. The van der Waals surface area contributed by atoms with Crippen LogP contribution in [0.2, 0.25) is 0 Å². The third-order valence-corrected chi connectivity index (χ3v) is 2.07. The van der Waals surface area contributed by atoms with Gasteiger partial charge in [0.25, 0.3) is 0 Å². The number of hydrogen-bond donors (Lipinski definition) is 1. The van der Waals surface area contributed by atoms with Crippen molar-refractivity contribution in [1.29, 1.82) is 0 Å². The largest absolute Gasteiger partial charge is 0.444 e. The van der Waals surface area contributed by atoms with Gasteiger partial charge in [-0.3, -0.25) is 4.90 Å². The molecule has 1 aliphatic heterocycles. The Bertz CT molecular complexity index is 248. The van der Waals surface area contributed by atoms with Crippen LogP contribution >= 0.6 is 0 Å². The van der Waals surface area contributed by atoms with Crippen LogP contribution in [0.3, 0.4) is 0 Å². The minimum atomic E-state index is -0.518. The summed E-state index contributed by atoms with van der Waals surface area (Å²) in [7, 11) is 0. The van der Waals surface area contributed by atoms with Gasteiger partial charge in [0.05, 0.1) is 0 Å². The summed E-state index contributed by atoms with van der Waals surface area (Å²) in [5.41, 5.74) is -0.518. The topological polar surface area (TPSA) is 58.6 Å². The van der Waals surface area contributed by atoms with Gasteiger partial charge in [-0.15, -0.1) is 0 Å². The molecule has 1 rings (SSSR count). The molecule has 0 aromatic rings. The summed E-state index contributed by atoms with van der Waals surface area (Å²) >= 11 is 0. The van der Waals surface area contributed by atoms with Gasteiger partial charge in [0.15, 0.2) is 0 Å². The van der Waals surface area contributed by atoms with Crippen molar-refractivity contribution in [1.82, 2.24) is 10.2 Å². The quantitative estimate of drug-likeness (QED) is 0.642. The molecule has 1 atom stereocenters. The van der Waals surface area contributed by atoms with E-state index in [4.69, 9.17) is 4.74 Å². The molecule has 5 heteroatoms. The summed E-state index contributed by atoms with van der Waals surface area (Å²) in [6.07, 6.45) is 0.358. The van der Waals surface area contributed by atoms with Crippen molar-refractivity contribution < 1.29 is 14.3 Å². The number of ether oxygens (including phenoxy) is 1. The number of aldehydes is 1. The number of piperazine rings is 1. The van der Waals surface area contributed by atoms with Gasteiger partial charge in [-0.1, -0.05) is 0 Å². The van der Waals surface area contributed by atoms with Crippen molar-refractivity contribution in [2.24, 2.45) is 0 Å². The first kappa shape index (κ1) is 12.0. The molecule has 1 heterocycles. The van der Waals surface area contributed by atoms with Gasteiger partial charge < -0.3 is 14.8 Å². The van der Waals surface area contributed by atoms with Crippen LogP contribution in [0.5, 0.6) is 0 Å². The second-order valence-electron chi connectivity index (χ2n) is 4.58. The normalized spacial score (nSPS) is 22.3. The summed E-state index contributed by atoms with van der Waals surface area (Å²) < 4.78 is 5.21. The van der Waals surface area contributed by atoms with E-state index < -0.39 is 17.7 Å². The van der Waals surface area contributed by atoms with Crippen molar-refractivity contribution in [3.63, 3.8) is 0 Å². The zero-order valence-corrected chi connectivity index (χ0v) is 9.45. The number of carbonyl (C=O) groups is 2. The molecule has 15 heavy (non-hydrogen) atoms. The van der Waals surface area contributed by atoms with Crippen molar-refractivity contribution in [2.75, 3.05) is 19.6 Å². The van der Waals surface area contributed by atoms with Gasteiger partial charge in [-0.25, -0.2) is 4.79 Å². The molecule has 1 amide bonds. The van der Waals surface area contributed by atoms with Crippen molar-refractivity contribution >= 4 is 12.4 Å². The van der Waals surface area contributed by atoms with Gasteiger partial charge in [-0.2, -0.15) is 0 Å². The maximum absolute atomic E-state index is 11.7. The molecule has 1 N–H and O–H groups in total. The highest BCUT2D eigenvalue weighted by molar-refractivity contribution is 5.74. The third kappa shape index (κ3) is 3.51. The first-order valence-electron chi connectivity index (χ1n) is 5.09. The molecule has 0 aliphatic carbocycles. The molecule has 0 aromatic carbocycles. The highest BCUT2D eigenvalue weighted by Crippen LogP contribution is 2.12. The molecule has 1 aliphatic rings. The van der Waals surface area contributed by atoms with Gasteiger partial charge in [0.2, 0.25) is 0 Å². The van der Waals surface area contributed by atoms with Crippen LogP contribution in [0, 0.1) is 0 Å². The lowest BCUT2D eigenvalue weighted by molar-refractivity contribution is -0.113. The molecule has 0 bridgehead atoms. The summed E-state index contributed by atoms with van der Waals surface area (Å²) in [6.45, 7) is 7.14. The zero-order chi connectivity index (χ0) is 11.5. The van der Waals surface area contributed by atoms with Crippen LogP contribution in [0.4, 0.5) is 4.79 Å². The molecule has 86 valence electrons. The minimum Gasteiger partial charge on any atom is -0.444 e. The molecular weight excluding hydrogens is 196 g/mol. The van der Waals surface area contributed by atoms with E-state index in [1.54, 1.807) is 0 Å². The van der Waals surface area contributed by atoms with E-state index in [1.165, 1.54) is 4.90 Å². The Hall–Kier alpha value is -1.10. The van der Waals surface area contributed by atoms with E-state index in [9.17, 15) is 9.59 Å². The molecule has 0 saturated carbocycles. The fourth-order valence-electron chi connectivity index (χ4n) is 1.39. The number of hydrogen-bond acceptors (Lipinski definition) is 4. The SMILES string of the molecule is CC(C)(C)OC(=O)N1CCNC[C@H]1C=O. The Morgan fingerprint density at radius 2 is 2.20 bits per heavy atom. The van der Waals surface area contributed by atoms with Gasteiger partial charge >= 0.3 is 6.09 Å². The Labute approximate surface area is 89.8 Å². The Morgan fingerprint density at radius 3 is 2.73 bits per heavy atom. The second-order valence-corrected chi connectivity index (χ2v) is 4.58. The molecule has 0 radical (unpaired) electrons. The van der Waals surface area contributed by atoms with Gasteiger partial charge in [0, 0.05) is 19.6 Å². The average Bonchev–Trinajstić information content (AvgIpc) is 2.15. The highest BCUT2D eigenvalue weighted by Gasteiger charge is 2.29. The lowest BCUT2D eigenvalue weighted by Crippen LogP contribution is -2.55. The fourth-order valence-corrected chi connectivity index (χ4v) is 1.39. The first-order chi connectivity index (χ1) is 6.94. The predicted molar refractivity (Wildman–Crippen MR) is 55.7 cm³/mol. The van der Waals surface area contributed by atoms with E-state index >= 15 is 0 Å². The molecule has 5 nitrogen and oxygen atoms in total. The summed E-state index contributed by atoms with van der Waals surface area (Å²) in [5, 5.41) is 3.05. The number of carbonyl (C=O) groups excluding carboxylic acids is 2. The summed E-state index contributed by atoms with van der Waals surface area (Å²) in [5.74, 6) is 0. The molecule has 0 aromatic heterocycles. The maximum Gasteiger partial charge on any atom is 0.410 e. The minimum absolute atomic E-state index is 0.409. The molecule has 0 unspecified atom stereocenters. The predicted octanol–water partition coefficient (Wildman–Crippen LogP) is 0.394. The number of nitrogens with zero attached hydrogens (tertiary/aromatic N) is 1. The van der Waals surface area contributed by atoms with Crippen LogP contribution < -0.4 is 5.32 Å². The third-order valence-electron chi connectivity index (χ3n) is 2.07.